The second-order valence-corrected chi connectivity index (χ2v) is 4.03. The summed E-state index contributed by atoms with van der Waals surface area (Å²) in [6, 6.07) is 2.39. The number of likely N-dealkylation sites (N-methyl/N-ethyl adjacent to an activating group) is 1. The van der Waals surface area contributed by atoms with Crippen LogP contribution < -0.4 is 5.32 Å². The second-order valence-electron chi connectivity index (χ2n) is 2.17. The Morgan fingerprint density at radius 2 is 2.55 bits per heavy atom. The highest BCUT2D eigenvalue weighted by molar-refractivity contribution is 9.10. The molecule has 11 heavy (non-hydrogen) atoms. The number of hydrogen-bond acceptors (Lipinski definition) is 2. The Morgan fingerprint density at radius 1 is 1.82 bits per heavy atom. The van der Waals surface area contributed by atoms with Crippen LogP contribution in [0.2, 0.25) is 0 Å². The van der Waals surface area contributed by atoms with Crippen LogP contribution in [0, 0.1) is 0 Å². The Morgan fingerprint density at radius 3 is 2.91 bits per heavy atom. The molecule has 1 unspecified atom stereocenters. The van der Waals surface area contributed by atoms with Crippen LogP contribution in [-0.2, 0) is 0 Å². The normalized spacial score (nSPS) is 12.9. The number of rotatable bonds is 3. The molecule has 1 atom stereocenters. The average Bonchev–Trinajstić information content (AvgIpc) is 2.39. The van der Waals surface area contributed by atoms with Crippen LogP contribution in [0.15, 0.2) is 28.6 Å². The molecule has 0 saturated heterocycles. The van der Waals surface area contributed by atoms with Gasteiger partial charge in [-0.2, -0.15) is 0 Å². The fraction of sp³-hybridized carbons (Fsp3) is 0.250. The first kappa shape index (κ1) is 8.97. The van der Waals surface area contributed by atoms with Crippen LogP contribution in [0.25, 0.3) is 0 Å². The highest BCUT2D eigenvalue weighted by Crippen LogP contribution is 2.25. The SMILES string of the molecule is C=CC(NC)c1cc(Br)cs1. The van der Waals surface area contributed by atoms with Gasteiger partial charge in [0.15, 0.2) is 0 Å². The van der Waals surface area contributed by atoms with Crippen LogP contribution >= 0.6 is 27.3 Å². The summed E-state index contributed by atoms with van der Waals surface area (Å²) in [5, 5.41) is 5.23. The van der Waals surface area contributed by atoms with E-state index in [4.69, 9.17) is 0 Å². The molecule has 1 heterocycles. The summed E-state index contributed by atoms with van der Waals surface area (Å²) in [5.41, 5.74) is 0. The summed E-state index contributed by atoms with van der Waals surface area (Å²) in [6.45, 7) is 3.75. The monoisotopic (exact) mass is 231 g/mol. The molecule has 0 aliphatic heterocycles. The lowest BCUT2D eigenvalue weighted by atomic mass is 10.2. The van der Waals surface area contributed by atoms with Crippen molar-refractivity contribution in [1.82, 2.24) is 5.32 Å². The maximum Gasteiger partial charge on any atom is 0.0596 e. The van der Waals surface area contributed by atoms with Crippen LogP contribution in [0.4, 0.5) is 0 Å². The van der Waals surface area contributed by atoms with E-state index in [-0.39, 0.29) is 6.04 Å². The van der Waals surface area contributed by atoms with Gasteiger partial charge in [0.05, 0.1) is 6.04 Å². The van der Waals surface area contributed by atoms with Crippen LogP contribution in [0.5, 0.6) is 0 Å². The van der Waals surface area contributed by atoms with E-state index in [9.17, 15) is 0 Å². The first-order valence-electron chi connectivity index (χ1n) is 3.31. The van der Waals surface area contributed by atoms with Gasteiger partial charge in [0.1, 0.15) is 0 Å². The second kappa shape index (κ2) is 4.04. The molecule has 0 aliphatic rings. The largest absolute Gasteiger partial charge is 0.309 e. The van der Waals surface area contributed by atoms with Crippen molar-refractivity contribution in [2.75, 3.05) is 7.05 Å². The van der Waals surface area contributed by atoms with Crippen molar-refractivity contribution < 1.29 is 0 Å². The predicted octanol–water partition coefficient (Wildman–Crippen LogP) is 2.96. The molecule has 1 N–H and O–H groups in total. The predicted molar refractivity (Wildman–Crippen MR) is 54.0 cm³/mol. The average molecular weight is 232 g/mol. The van der Waals surface area contributed by atoms with Crippen molar-refractivity contribution in [3.8, 4) is 0 Å². The highest BCUT2D eigenvalue weighted by Gasteiger charge is 2.05. The van der Waals surface area contributed by atoms with Gasteiger partial charge in [0.2, 0.25) is 0 Å². The van der Waals surface area contributed by atoms with Gasteiger partial charge < -0.3 is 5.32 Å². The maximum atomic E-state index is 3.75. The van der Waals surface area contributed by atoms with E-state index in [0.29, 0.717) is 0 Å². The molecule has 1 rings (SSSR count). The van der Waals surface area contributed by atoms with E-state index in [2.05, 4.69) is 39.3 Å². The third kappa shape index (κ3) is 2.15. The fourth-order valence-electron chi connectivity index (χ4n) is 0.868. The standard InChI is InChI=1S/C8H10BrNS/c1-3-7(10-2)8-4-6(9)5-11-8/h3-5,7,10H,1H2,2H3. The Labute approximate surface area is 79.3 Å². The Bertz CT molecular complexity index is 244. The molecule has 0 spiro atoms. The lowest BCUT2D eigenvalue weighted by Crippen LogP contribution is -2.11. The highest BCUT2D eigenvalue weighted by atomic mass is 79.9. The zero-order valence-corrected chi connectivity index (χ0v) is 8.71. The van der Waals surface area contributed by atoms with Gasteiger partial charge in [-0.05, 0) is 29.0 Å². The van der Waals surface area contributed by atoms with Gasteiger partial charge in [-0.1, -0.05) is 6.08 Å². The van der Waals surface area contributed by atoms with Crippen molar-refractivity contribution in [2.45, 2.75) is 6.04 Å². The minimum atomic E-state index is 0.284. The van der Waals surface area contributed by atoms with Gasteiger partial charge in [-0.25, -0.2) is 0 Å². The third-order valence-electron chi connectivity index (χ3n) is 1.44. The molecule has 0 saturated carbocycles. The van der Waals surface area contributed by atoms with Crippen molar-refractivity contribution in [3.05, 3.63) is 33.5 Å². The van der Waals surface area contributed by atoms with Gasteiger partial charge in [-0.3, -0.25) is 0 Å². The zero-order valence-electron chi connectivity index (χ0n) is 6.30. The lowest BCUT2D eigenvalue weighted by Gasteiger charge is -2.06. The van der Waals surface area contributed by atoms with E-state index in [1.165, 1.54) is 4.88 Å². The molecule has 0 fully saturated rings. The third-order valence-corrected chi connectivity index (χ3v) is 3.22. The van der Waals surface area contributed by atoms with Gasteiger partial charge in [-0.15, -0.1) is 17.9 Å². The minimum absolute atomic E-state index is 0.284. The molecule has 0 amide bonds. The maximum absolute atomic E-state index is 3.75. The Kier molecular flexibility index (Phi) is 3.30. The van der Waals surface area contributed by atoms with Crippen molar-refractivity contribution in [2.24, 2.45) is 0 Å². The minimum Gasteiger partial charge on any atom is -0.309 e. The van der Waals surface area contributed by atoms with E-state index in [1.807, 2.05) is 13.1 Å². The smallest absolute Gasteiger partial charge is 0.0596 e. The quantitative estimate of drug-likeness (QED) is 0.790. The van der Waals surface area contributed by atoms with Gasteiger partial charge in [0.25, 0.3) is 0 Å². The first-order chi connectivity index (χ1) is 5.27. The Balaban J connectivity index is 2.81. The molecule has 1 aromatic heterocycles. The van der Waals surface area contributed by atoms with E-state index in [0.717, 1.165) is 4.47 Å². The number of nitrogens with one attached hydrogen (secondary N) is 1. The zero-order chi connectivity index (χ0) is 8.27. The summed E-state index contributed by atoms with van der Waals surface area (Å²) in [6.07, 6.45) is 1.90. The van der Waals surface area contributed by atoms with E-state index in [1.54, 1.807) is 11.3 Å². The number of hydrogen-bond donors (Lipinski definition) is 1. The van der Waals surface area contributed by atoms with Crippen molar-refractivity contribution >= 4 is 27.3 Å². The summed E-state index contributed by atoms with van der Waals surface area (Å²) < 4.78 is 1.14. The topological polar surface area (TPSA) is 12.0 Å². The first-order valence-corrected chi connectivity index (χ1v) is 4.99. The van der Waals surface area contributed by atoms with E-state index >= 15 is 0 Å². The van der Waals surface area contributed by atoms with Gasteiger partial charge in [0, 0.05) is 14.7 Å². The molecule has 0 aromatic carbocycles. The van der Waals surface area contributed by atoms with Crippen molar-refractivity contribution in [1.29, 1.82) is 0 Å². The molecule has 1 nitrogen and oxygen atoms in total. The van der Waals surface area contributed by atoms with Crippen LogP contribution in [0.1, 0.15) is 10.9 Å². The molecular weight excluding hydrogens is 222 g/mol. The number of thiophene rings is 1. The summed E-state index contributed by atoms with van der Waals surface area (Å²) in [5.74, 6) is 0. The molecule has 0 aliphatic carbocycles. The summed E-state index contributed by atoms with van der Waals surface area (Å²) in [4.78, 5) is 1.29. The molecule has 1 aromatic rings. The molecule has 60 valence electrons. The summed E-state index contributed by atoms with van der Waals surface area (Å²) in [7, 11) is 1.93. The van der Waals surface area contributed by atoms with Crippen LogP contribution in [-0.4, -0.2) is 7.05 Å². The van der Waals surface area contributed by atoms with Crippen LogP contribution in [0.3, 0.4) is 0 Å². The summed E-state index contributed by atoms with van der Waals surface area (Å²) >= 11 is 5.13. The molecule has 0 radical (unpaired) electrons. The van der Waals surface area contributed by atoms with Crippen molar-refractivity contribution in [3.63, 3.8) is 0 Å². The molecular formula is C8H10BrNS. The Hall–Kier alpha value is -0.120. The lowest BCUT2D eigenvalue weighted by molar-refractivity contribution is 0.729. The molecule has 0 bridgehead atoms. The molecule has 3 heteroatoms. The van der Waals surface area contributed by atoms with Gasteiger partial charge >= 0.3 is 0 Å². The van der Waals surface area contributed by atoms with E-state index < -0.39 is 0 Å². The fourth-order valence-corrected chi connectivity index (χ4v) is 2.42. The number of halogens is 1.